The average molecular weight is 468 g/mol. The minimum absolute atomic E-state index is 0.00374. The number of hydrogen-bond acceptors (Lipinski definition) is 4. The van der Waals surface area contributed by atoms with Crippen LogP contribution in [0.2, 0.25) is 5.02 Å². The SMILES string of the molecule is CC(C)(C)c1cc(-c2csc(-c3ccc(C(=O)N4CCC[C@@](C)(N)C4)cc3Cl)c2)ccn1. The van der Waals surface area contributed by atoms with Gasteiger partial charge in [0.1, 0.15) is 0 Å². The summed E-state index contributed by atoms with van der Waals surface area (Å²) in [5, 5.41) is 2.73. The second-order valence-corrected chi connectivity index (χ2v) is 11.4. The largest absolute Gasteiger partial charge is 0.337 e. The highest BCUT2D eigenvalue weighted by atomic mass is 35.5. The molecular weight excluding hydrogens is 438 g/mol. The first kappa shape index (κ1) is 23.0. The summed E-state index contributed by atoms with van der Waals surface area (Å²) < 4.78 is 0. The van der Waals surface area contributed by atoms with Crippen molar-refractivity contribution in [3.05, 3.63) is 64.3 Å². The third-order valence-corrected chi connectivity index (χ3v) is 7.23. The summed E-state index contributed by atoms with van der Waals surface area (Å²) in [6.07, 6.45) is 3.73. The molecule has 0 bridgehead atoms. The van der Waals surface area contributed by atoms with E-state index in [1.165, 1.54) is 0 Å². The fraction of sp³-hybridized carbons (Fsp3) is 0.385. The normalized spacial score (nSPS) is 19.2. The number of likely N-dealkylation sites (tertiary alicyclic amines) is 1. The first-order chi connectivity index (χ1) is 15.0. The summed E-state index contributed by atoms with van der Waals surface area (Å²) in [6.45, 7) is 9.81. The molecule has 6 heteroatoms. The lowest BCUT2D eigenvalue weighted by molar-refractivity contribution is 0.0657. The Morgan fingerprint density at radius 1 is 1.19 bits per heavy atom. The molecule has 1 aliphatic rings. The van der Waals surface area contributed by atoms with Crippen molar-refractivity contribution < 1.29 is 4.79 Å². The van der Waals surface area contributed by atoms with Crippen LogP contribution in [0, 0.1) is 0 Å². The number of aromatic nitrogens is 1. The van der Waals surface area contributed by atoms with Gasteiger partial charge in [-0.1, -0.05) is 38.4 Å². The van der Waals surface area contributed by atoms with Crippen LogP contribution in [0.15, 0.2) is 48.0 Å². The van der Waals surface area contributed by atoms with Crippen molar-refractivity contribution in [3.63, 3.8) is 0 Å². The zero-order valence-electron chi connectivity index (χ0n) is 19.1. The Hall–Kier alpha value is -2.21. The monoisotopic (exact) mass is 467 g/mol. The first-order valence-electron chi connectivity index (χ1n) is 11.0. The van der Waals surface area contributed by atoms with Gasteiger partial charge in [-0.15, -0.1) is 11.3 Å². The van der Waals surface area contributed by atoms with E-state index >= 15 is 0 Å². The number of carbonyl (C=O) groups excluding carboxylic acids is 1. The fourth-order valence-corrected chi connectivity index (χ4v) is 5.42. The molecule has 1 atom stereocenters. The van der Waals surface area contributed by atoms with Crippen molar-refractivity contribution in [3.8, 4) is 21.6 Å². The molecule has 0 aliphatic carbocycles. The maximum Gasteiger partial charge on any atom is 0.253 e. The average Bonchev–Trinajstić information content (AvgIpc) is 3.22. The summed E-state index contributed by atoms with van der Waals surface area (Å²) in [6, 6.07) is 11.9. The molecule has 1 aromatic carbocycles. The van der Waals surface area contributed by atoms with Crippen LogP contribution in [0.4, 0.5) is 0 Å². The lowest BCUT2D eigenvalue weighted by Gasteiger charge is -2.37. The molecule has 168 valence electrons. The maximum atomic E-state index is 13.0. The van der Waals surface area contributed by atoms with Crippen LogP contribution in [-0.2, 0) is 5.41 Å². The van der Waals surface area contributed by atoms with E-state index in [2.05, 4.69) is 43.3 Å². The molecule has 2 N–H and O–H groups in total. The summed E-state index contributed by atoms with van der Waals surface area (Å²) in [7, 11) is 0. The molecule has 4 rings (SSSR count). The van der Waals surface area contributed by atoms with Crippen molar-refractivity contribution in [1.82, 2.24) is 9.88 Å². The molecule has 1 fully saturated rings. The van der Waals surface area contributed by atoms with Crippen molar-refractivity contribution in [1.29, 1.82) is 0 Å². The van der Waals surface area contributed by atoms with Crippen LogP contribution in [0.5, 0.6) is 0 Å². The number of nitrogens with two attached hydrogens (primary N) is 1. The lowest BCUT2D eigenvalue weighted by Crippen LogP contribution is -2.53. The summed E-state index contributed by atoms with van der Waals surface area (Å²) >= 11 is 8.29. The molecule has 1 amide bonds. The highest BCUT2D eigenvalue weighted by Gasteiger charge is 2.30. The number of nitrogens with zero attached hydrogens (tertiary/aromatic N) is 2. The number of halogens is 1. The van der Waals surface area contributed by atoms with Crippen molar-refractivity contribution in [2.45, 2.75) is 51.5 Å². The van der Waals surface area contributed by atoms with Crippen molar-refractivity contribution in [2.75, 3.05) is 13.1 Å². The van der Waals surface area contributed by atoms with Gasteiger partial charge in [0.15, 0.2) is 0 Å². The smallest absolute Gasteiger partial charge is 0.253 e. The molecule has 32 heavy (non-hydrogen) atoms. The Balaban J connectivity index is 1.57. The summed E-state index contributed by atoms with van der Waals surface area (Å²) in [5.74, 6) is -0.00631. The van der Waals surface area contributed by atoms with Gasteiger partial charge in [-0.3, -0.25) is 9.78 Å². The van der Waals surface area contributed by atoms with Crippen LogP contribution >= 0.6 is 22.9 Å². The van der Waals surface area contributed by atoms with Crippen LogP contribution in [-0.4, -0.2) is 34.4 Å². The number of thiophene rings is 1. The fourth-order valence-electron chi connectivity index (χ4n) is 4.12. The topological polar surface area (TPSA) is 59.2 Å². The standard InChI is InChI=1S/C26H30ClN3OS/c1-25(2,3)23-14-17(8-10-29-23)19-13-22(32-15-19)20-7-6-18(12-21(20)27)24(31)30-11-5-9-26(4,28)16-30/h6-8,10,12-15H,5,9,11,16,28H2,1-4H3/t26-/m1/s1. The predicted molar refractivity (Wildman–Crippen MR) is 134 cm³/mol. The molecule has 0 saturated carbocycles. The number of benzene rings is 1. The van der Waals surface area contributed by atoms with E-state index in [9.17, 15) is 4.79 Å². The molecule has 4 nitrogen and oxygen atoms in total. The molecule has 0 radical (unpaired) electrons. The molecule has 1 aliphatic heterocycles. The number of carbonyl (C=O) groups is 1. The molecule has 3 aromatic rings. The molecule has 0 unspecified atom stereocenters. The lowest BCUT2D eigenvalue weighted by atomic mass is 9.90. The quantitative estimate of drug-likeness (QED) is 0.486. The Kier molecular flexibility index (Phi) is 6.19. The number of hydrogen-bond donors (Lipinski definition) is 1. The van der Waals surface area contributed by atoms with E-state index < -0.39 is 0 Å². The number of amides is 1. The van der Waals surface area contributed by atoms with E-state index in [4.69, 9.17) is 17.3 Å². The van der Waals surface area contributed by atoms with Crippen molar-refractivity contribution in [2.24, 2.45) is 5.73 Å². The van der Waals surface area contributed by atoms with Gasteiger partial charge >= 0.3 is 0 Å². The second-order valence-electron chi connectivity index (χ2n) is 10.1. The van der Waals surface area contributed by atoms with E-state index in [0.717, 1.165) is 46.6 Å². The van der Waals surface area contributed by atoms with Crippen LogP contribution < -0.4 is 5.73 Å². The van der Waals surface area contributed by atoms with Gasteiger partial charge in [0.25, 0.3) is 5.91 Å². The van der Waals surface area contributed by atoms with Gasteiger partial charge in [0.2, 0.25) is 0 Å². The van der Waals surface area contributed by atoms with Gasteiger partial charge in [0.05, 0.1) is 5.02 Å². The minimum atomic E-state index is -0.329. The van der Waals surface area contributed by atoms with Gasteiger partial charge in [-0.05, 0) is 66.6 Å². The number of pyridine rings is 1. The molecule has 1 saturated heterocycles. The maximum absolute atomic E-state index is 13.0. The van der Waals surface area contributed by atoms with Crippen LogP contribution in [0.25, 0.3) is 21.6 Å². The van der Waals surface area contributed by atoms with Gasteiger partial charge < -0.3 is 10.6 Å². The first-order valence-corrected chi connectivity index (χ1v) is 12.2. The predicted octanol–water partition coefficient (Wildman–Crippen LogP) is 6.38. The van der Waals surface area contributed by atoms with E-state index in [-0.39, 0.29) is 16.9 Å². The Morgan fingerprint density at radius 2 is 1.97 bits per heavy atom. The Morgan fingerprint density at radius 3 is 2.66 bits per heavy atom. The van der Waals surface area contributed by atoms with Gasteiger partial charge in [-0.2, -0.15) is 0 Å². The zero-order valence-corrected chi connectivity index (χ0v) is 20.7. The summed E-state index contributed by atoms with van der Waals surface area (Å²) in [5.41, 5.74) is 10.8. The van der Waals surface area contributed by atoms with E-state index in [1.807, 2.05) is 36.2 Å². The third kappa shape index (κ3) is 4.90. The number of piperidine rings is 1. The summed E-state index contributed by atoms with van der Waals surface area (Å²) in [4.78, 5) is 20.4. The van der Waals surface area contributed by atoms with E-state index in [0.29, 0.717) is 17.1 Å². The molecular formula is C26H30ClN3OS. The van der Waals surface area contributed by atoms with Crippen molar-refractivity contribution >= 4 is 28.8 Å². The van der Waals surface area contributed by atoms with Gasteiger partial charge in [0, 0.05) is 51.9 Å². The number of rotatable bonds is 3. The minimum Gasteiger partial charge on any atom is -0.337 e. The van der Waals surface area contributed by atoms with Crippen LogP contribution in [0.3, 0.4) is 0 Å². The molecule has 2 aromatic heterocycles. The Bertz CT molecular complexity index is 1150. The van der Waals surface area contributed by atoms with E-state index in [1.54, 1.807) is 17.4 Å². The highest BCUT2D eigenvalue weighted by Crippen LogP contribution is 2.37. The molecule has 3 heterocycles. The van der Waals surface area contributed by atoms with Gasteiger partial charge in [-0.25, -0.2) is 0 Å². The Labute approximate surface area is 199 Å². The third-order valence-electron chi connectivity index (χ3n) is 5.96. The highest BCUT2D eigenvalue weighted by molar-refractivity contribution is 7.14. The van der Waals surface area contributed by atoms with Crippen LogP contribution in [0.1, 0.15) is 56.6 Å². The molecule has 0 spiro atoms. The zero-order chi connectivity index (χ0) is 23.1. The second kappa shape index (κ2) is 8.62.